The van der Waals surface area contributed by atoms with E-state index in [1.165, 1.54) is 0 Å². The molecule has 0 heterocycles. The first kappa shape index (κ1) is 16.0. The molecule has 4 N–H and O–H groups in total. The van der Waals surface area contributed by atoms with E-state index in [0.717, 1.165) is 36.1 Å². The summed E-state index contributed by atoms with van der Waals surface area (Å²) in [4.78, 5) is 11.8. The summed E-state index contributed by atoms with van der Waals surface area (Å²) in [6, 6.07) is 5.44. The number of rotatable bonds is 5. The molecule has 0 aromatic heterocycles. The number of hydrogen-bond donors (Lipinski definition) is 4. The van der Waals surface area contributed by atoms with E-state index in [1.807, 2.05) is 32.0 Å². The van der Waals surface area contributed by atoms with Crippen molar-refractivity contribution in [3.8, 4) is 0 Å². The van der Waals surface area contributed by atoms with Gasteiger partial charge in [-0.2, -0.15) is 0 Å². The normalized spacial score (nSPS) is 9.95. The van der Waals surface area contributed by atoms with Crippen molar-refractivity contribution in [3.63, 3.8) is 0 Å². The Morgan fingerprint density at radius 2 is 1.85 bits per heavy atom. The van der Waals surface area contributed by atoms with E-state index in [2.05, 4.69) is 22.9 Å². The van der Waals surface area contributed by atoms with Crippen LogP contribution in [0.2, 0.25) is 0 Å². The van der Waals surface area contributed by atoms with E-state index >= 15 is 0 Å². The average Bonchev–Trinajstić information content (AvgIpc) is 2.39. The number of carbonyl (C=O) groups is 1. The minimum absolute atomic E-state index is 0.0323. The summed E-state index contributed by atoms with van der Waals surface area (Å²) in [6.07, 6.45) is 3.25. The molecule has 0 bridgehead atoms. The lowest BCUT2D eigenvalue weighted by atomic mass is 10.1. The van der Waals surface area contributed by atoms with E-state index in [4.69, 9.17) is 5.41 Å². The van der Waals surface area contributed by atoms with Gasteiger partial charge in [-0.15, -0.1) is 0 Å². The third-order valence-corrected chi connectivity index (χ3v) is 3.04. The van der Waals surface area contributed by atoms with Gasteiger partial charge in [0.25, 0.3) is 0 Å². The highest BCUT2D eigenvalue weighted by Crippen LogP contribution is 2.18. The smallest absolute Gasteiger partial charge is 0.326 e. The second-order valence-electron chi connectivity index (χ2n) is 4.85. The number of urea groups is 1. The molecule has 0 spiro atoms. The molecule has 0 radical (unpaired) electrons. The van der Waals surface area contributed by atoms with Gasteiger partial charge in [-0.05, 0) is 31.4 Å². The summed E-state index contributed by atoms with van der Waals surface area (Å²) < 4.78 is 0. The summed E-state index contributed by atoms with van der Waals surface area (Å²) in [6.45, 7) is 6.71. The summed E-state index contributed by atoms with van der Waals surface area (Å²) in [5, 5.41) is 15.8. The molecule has 5 heteroatoms. The Bertz CT molecular complexity index is 451. The Morgan fingerprint density at radius 3 is 2.45 bits per heavy atom. The molecule has 0 fully saturated rings. The van der Waals surface area contributed by atoms with Gasteiger partial charge in [0.1, 0.15) is 0 Å². The van der Waals surface area contributed by atoms with Crippen LogP contribution in [0.25, 0.3) is 0 Å². The van der Waals surface area contributed by atoms with E-state index in [1.54, 1.807) is 0 Å². The molecule has 5 nitrogen and oxygen atoms in total. The van der Waals surface area contributed by atoms with Crippen molar-refractivity contribution in [2.45, 2.75) is 40.0 Å². The van der Waals surface area contributed by atoms with Crippen LogP contribution in [0, 0.1) is 19.3 Å². The summed E-state index contributed by atoms with van der Waals surface area (Å²) in [5.74, 6) is 0.0323. The van der Waals surface area contributed by atoms with Gasteiger partial charge in [-0.1, -0.05) is 38.0 Å². The van der Waals surface area contributed by atoms with Gasteiger partial charge in [0.05, 0.1) is 0 Å². The number of para-hydroxylation sites is 1. The van der Waals surface area contributed by atoms with Crippen LogP contribution in [0.3, 0.4) is 0 Å². The van der Waals surface area contributed by atoms with Crippen LogP contribution in [-0.4, -0.2) is 18.5 Å². The molecule has 1 aromatic rings. The number of amides is 2. The summed E-state index contributed by atoms with van der Waals surface area (Å²) in [7, 11) is 0. The van der Waals surface area contributed by atoms with Gasteiger partial charge < -0.3 is 10.6 Å². The average molecular weight is 276 g/mol. The van der Waals surface area contributed by atoms with Crippen molar-refractivity contribution in [2.24, 2.45) is 0 Å². The van der Waals surface area contributed by atoms with E-state index in [0.29, 0.717) is 6.54 Å². The number of guanidine groups is 1. The highest BCUT2D eigenvalue weighted by molar-refractivity contribution is 6.02. The fourth-order valence-corrected chi connectivity index (χ4v) is 1.90. The minimum atomic E-state index is -0.393. The number of hydrogen-bond acceptors (Lipinski definition) is 2. The first-order valence-electron chi connectivity index (χ1n) is 7.01. The molecule has 0 unspecified atom stereocenters. The maximum Gasteiger partial charge on any atom is 0.326 e. The zero-order valence-electron chi connectivity index (χ0n) is 12.5. The number of nitrogens with one attached hydrogen (secondary N) is 4. The molecule has 0 saturated carbocycles. The van der Waals surface area contributed by atoms with Gasteiger partial charge in [0, 0.05) is 12.2 Å². The molecule has 0 aliphatic carbocycles. The third-order valence-electron chi connectivity index (χ3n) is 3.04. The molecule has 110 valence electrons. The van der Waals surface area contributed by atoms with Gasteiger partial charge in [-0.3, -0.25) is 10.7 Å². The van der Waals surface area contributed by atoms with Crippen LogP contribution in [0.15, 0.2) is 18.2 Å². The Labute approximate surface area is 120 Å². The molecule has 0 aliphatic heterocycles. The lowest BCUT2D eigenvalue weighted by Crippen LogP contribution is -2.42. The van der Waals surface area contributed by atoms with Crippen LogP contribution < -0.4 is 16.0 Å². The number of carbonyl (C=O) groups excluding carboxylic acids is 1. The fraction of sp³-hybridized carbons (Fsp3) is 0.467. The van der Waals surface area contributed by atoms with Gasteiger partial charge >= 0.3 is 6.03 Å². The highest BCUT2D eigenvalue weighted by atomic mass is 16.2. The third kappa shape index (κ3) is 5.30. The van der Waals surface area contributed by atoms with Crippen LogP contribution in [0.1, 0.15) is 37.3 Å². The van der Waals surface area contributed by atoms with Gasteiger partial charge in [0.15, 0.2) is 5.96 Å². The molecular formula is C15H24N4O. The zero-order chi connectivity index (χ0) is 15.0. The fourth-order valence-electron chi connectivity index (χ4n) is 1.90. The zero-order valence-corrected chi connectivity index (χ0v) is 12.5. The topological polar surface area (TPSA) is 77.0 Å². The summed E-state index contributed by atoms with van der Waals surface area (Å²) >= 11 is 0. The quantitative estimate of drug-likeness (QED) is 0.379. The van der Waals surface area contributed by atoms with Crippen LogP contribution in [0.4, 0.5) is 10.5 Å². The Kier molecular flexibility index (Phi) is 6.56. The maximum absolute atomic E-state index is 11.8. The van der Waals surface area contributed by atoms with E-state index in [-0.39, 0.29) is 5.96 Å². The Morgan fingerprint density at radius 1 is 1.20 bits per heavy atom. The second kappa shape index (κ2) is 8.19. The molecule has 20 heavy (non-hydrogen) atoms. The van der Waals surface area contributed by atoms with Crippen molar-refractivity contribution in [2.75, 3.05) is 11.9 Å². The van der Waals surface area contributed by atoms with Crippen molar-refractivity contribution in [1.29, 1.82) is 5.41 Å². The van der Waals surface area contributed by atoms with Crippen molar-refractivity contribution < 1.29 is 4.79 Å². The van der Waals surface area contributed by atoms with Crippen LogP contribution in [-0.2, 0) is 0 Å². The number of aryl methyl sites for hydroxylation is 2. The molecule has 1 aromatic carbocycles. The monoisotopic (exact) mass is 276 g/mol. The molecule has 0 aliphatic rings. The predicted molar refractivity (Wildman–Crippen MR) is 83.3 cm³/mol. The molecule has 0 atom stereocenters. The van der Waals surface area contributed by atoms with Crippen molar-refractivity contribution in [1.82, 2.24) is 10.6 Å². The van der Waals surface area contributed by atoms with Crippen LogP contribution in [0.5, 0.6) is 0 Å². The van der Waals surface area contributed by atoms with E-state index < -0.39 is 6.03 Å². The molecule has 1 rings (SSSR count). The number of benzene rings is 1. The van der Waals surface area contributed by atoms with Crippen molar-refractivity contribution >= 4 is 17.7 Å². The van der Waals surface area contributed by atoms with E-state index in [9.17, 15) is 4.79 Å². The maximum atomic E-state index is 11.8. The second-order valence-corrected chi connectivity index (χ2v) is 4.85. The van der Waals surface area contributed by atoms with Gasteiger partial charge in [0.2, 0.25) is 0 Å². The first-order valence-corrected chi connectivity index (χ1v) is 7.01. The molecule has 2 amide bonds. The first-order chi connectivity index (χ1) is 9.54. The number of anilines is 1. The lowest BCUT2D eigenvalue weighted by Gasteiger charge is -2.13. The van der Waals surface area contributed by atoms with Crippen molar-refractivity contribution in [3.05, 3.63) is 29.3 Å². The minimum Gasteiger partial charge on any atom is -0.356 e. The molecule has 0 saturated heterocycles. The summed E-state index contributed by atoms with van der Waals surface area (Å²) in [5.41, 5.74) is 2.80. The molecular weight excluding hydrogens is 252 g/mol. The predicted octanol–water partition coefficient (Wildman–Crippen LogP) is 3.14. The largest absolute Gasteiger partial charge is 0.356 e. The standard InChI is InChI=1S/C15H24N4O/c1-4-5-6-10-17-14(16)19-15(20)18-13-11(2)8-7-9-12(13)3/h7-9H,4-6,10H2,1-3H3,(H4,16,17,18,19,20). The number of unbranched alkanes of at least 4 members (excludes halogenated alkanes) is 2. The Balaban J connectivity index is 2.42. The van der Waals surface area contributed by atoms with Gasteiger partial charge in [-0.25, -0.2) is 4.79 Å². The van der Waals surface area contributed by atoms with Crippen LogP contribution >= 0.6 is 0 Å². The highest BCUT2D eigenvalue weighted by Gasteiger charge is 2.08. The SMILES string of the molecule is CCCCCNC(=N)NC(=O)Nc1c(C)cccc1C. The lowest BCUT2D eigenvalue weighted by molar-refractivity contribution is 0.255. The Hall–Kier alpha value is -2.04.